The maximum atomic E-state index is 6.27. The highest BCUT2D eigenvalue weighted by Crippen LogP contribution is 2.41. The van der Waals surface area contributed by atoms with Crippen molar-refractivity contribution in [3.05, 3.63) is 157 Å². The van der Waals surface area contributed by atoms with Crippen LogP contribution in [0.3, 0.4) is 0 Å². The average Bonchev–Trinajstić information content (AvgIpc) is 3.79. The summed E-state index contributed by atoms with van der Waals surface area (Å²) in [4.78, 5) is 0. The number of rotatable bonds is 3. The van der Waals surface area contributed by atoms with Crippen molar-refractivity contribution in [2.24, 2.45) is 0 Å². The Morgan fingerprint density at radius 3 is 1.61 bits per heavy atom. The Hall–Kier alpha value is -6.06. The molecule has 0 aliphatic rings. The summed E-state index contributed by atoms with van der Waals surface area (Å²) >= 11 is 0. The van der Waals surface area contributed by atoms with Crippen LogP contribution in [0.1, 0.15) is 26.3 Å². The van der Waals surface area contributed by atoms with Gasteiger partial charge in [0.15, 0.2) is 0 Å². The molecule has 0 bridgehead atoms. The molecule has 0 N–H and O–H groups in total. The van der Waals surface area contributed by atoms with E-state index < -0.39 is 0 Å². The van der Waals surface area contributed by atoms with Crippen molar-refractivity contribution in [3.63, 3.8) is 0 Å². The minimum absolute atomic E-state index is 0.0946. The van der Waals surface area contributed by atoms with E-state index in [-0.39, 0.29) is 5.41 Å². The Morgan fingerprint density at radius 1 is 0.408 bits per heavy atom. The molecule has 0 amide bonds. The lowest BCUT2D eigenvalue weighted by Gasteiger charge is -2.19. The number of hydrogen-bond acceptors (Lipinski definition) is 1. The lowest BCUT2D eigenvalue weighted by Crippen LogP contribution is -2.10. The summed E-state index contributed by atoms with van der Waals surface area (Å²) in [5.41, 5.74) is 12.8. The van der Waals surface area contributed by atoms with Crippen molar-refractivity contribution in [3.8, 4) is 22.5 Å². The first-order valence-electron chi connectivity index (χ1n) is 17.0. The molecule has 0 atom stereocenters. The zero-order valence-corrected chi connectivity index (χ0v) is 27.7. The molecule has 3 heterocycles. The first-order chi connectivity index (χ1) is 23.9. The second-order valence-electron chi connectivity index (χ2n) is 14.2. The smallest absolute Gasteiger partial charge is 0.136 e. The van der Waals surface area contributed by atoms with Gasteiger partial charge in [-0.15, -0.1) is 0 Å². The molecule has 3 heteroatoms. The van der Waals surface area contributed by atoms with Crippen LogP contribution in [0, 0.1) is 0 Å². The first-order valence-corrected chi connectivity index (χ1v) is 17.0. The summed E-state index contributed by atoms with van der Waals surface area (Å²) < 4.78 is 11.0. The third-order valence-electron chi connectivity index (χ3n) is 10.3. The van der Waals surface area contributed by atoms with Gasteiger partial charge < -0.3 is 13.6 Å². The molecule has 0 radical (unpaired) electrons. The van der Waals surface area contributed by atoms with Gasteiger partial charge in [-0.05, 0) is 88.8 Å². The Balaban J connectivity index is 1.06. The minimum atomic E-state index is 0.0946. The van der Waals surface area contributed by atoms with Crippen LogP contribution in [0.15, 0.2) is 156 Å². The van der Waals surface area contributed by atoms with Crippen molar-refractivity contribution in [2.45, 2.75) is 26.2 Å². The van der Waals surface area contributed by atoms with E-state index >= 15 is 0 Å². The summed E-state index contributed by atoms with van der Waals surface area (Å²) in [5, 5.41) is 7.38. The van der Waals surface area contributed by atoms with Crippen molar-refractivity contribution in [1.82, 2.24) is 9.13 Å². The van der Waals surface area contributed by atoms with Gasteiger partial charge in [0.1, 0.15) is 11.2 Å². The van der Waals surface area contributed by atoms with Crippen molar-refractivity contribution >= 4 is 65.6 Å². The van der Waals surface area contributed by atoms with E-state index in [9.17, 15) is 0 Å². The quantitative estimate of drug-likeness (QED) is 0.190. The van der Waals surface area contributed by atoms with E-state index in [0.29, 0.717) is 0 Å². The number of furan rings is 1. The third-order valence-corrected chi connectivity index (χ3v) is 10.3. The monoisotopic (exact) mass is 630 g/mol. The fraction of sp³-hybridized carbons (Fsp3) is 0.0870. The van der Waals surface area contributed by atoms with Crippen LogP contribution in [0.2, 0.25) is 0 Å². The van der Waals surface area contributed by atoms with Gasteiger partial charge in [-0.1, -0.05) is 106 Å². The Kier molecular flexibility index (Phi) is 5.84. The SMILES string of the molecule is CC(C)(C)c1ccc2c(c1)c1ccccc1n2-c1ccc(-c2ccc(-n3c4ccccc4c4c5c(ccc43)oc3ccccc35)cc2)cc1. The third kappa shape index (κ3) is 4.15. The highest BCUT2D eigenvalue weighted by atomic mass is 16.3. The molecule has 3 nitrogen and oxygen atoms in total. The fourth-order valence-electron chi connectivity index (χ4n) is 7.88. The number of aromatic nitrogens is 2. The summed E-state index contributed by atoms with van der Waals surface area (Å²) in [6, 6.07) is 55.0. The zero-order valence-electron chi connectivity index (χ0n) is 27.7. The van der Waals surface area contributed by atoms with Crippen LogP contribution in [-0.4, -0.2) is 9.13 Å². The van der Waals surface area contributed by atoms with Gasteiger partial charge in [-0.2, -0.15) is 0 Å². The second kappa shape index (κ2) is 10.2. The molecule has 0 spiro atoms. The molecule has 234 valence electrons. The van der Waals surface area contributed by atoms with Crippen LogP contribution in [-0.2, 0) is 5.41 Å². The van der Waals surface area contributed by atoms with E-state index in [0.717, 1.165) is 22.2 Å². The maximum absolute atomic E-state index is 6.27. The Labute approximate surface area is 284 Å². The van der Waals surface area contributed by atoms with Crippen molar-refractivity contribution < 1.29 is 4.42 Å². The molecule has 0 aliphatic heterocycles. The van der Waals surface area contributed by atoms with Crippen molar-refractivity contribution in [1.29, 1.82) is 0 Å². The van der Waals surface area contributed by atoms with Gasteiger partial charge in [0.05, 0.1) is 22.1 Å². The van der Waals surface area contributed by atoms with Gasteiger partial charge >= 0.3 is 0 Å². The molecule has 10 aromatic rings. The topological polar surface area (TPSA) is 23.0 Å². The van der Waals surface area contributed by atoms with E-state index in [1.54, 1.807) is 0 Å². The molecule has 0 fully saturated rings. The number of para-hydroxylation sites is 3. The van der Waals surface area contributed by atoms with Crippen LogP contribution >= 0.6 is 0 Å². The average molecular weight is 631 g/mol. The minimum Gasteiger partial charge on any atom is -0.456 e. The van der Waals surface area contributed by atoms with Gasteiger partial charge in [-0.3, -0.25) is 0 Å². The zero-order chi connectivity index (χ0) is 32.9. The highest BCUT2D eigenvalue weighted by molar-refractivity contribution is 6.27. The van der Waals surface area contributed by atoms with Crippen LogP contribution in [0.4, 0.5) is 0 Å². The second-order valence-corrected chi connectivity index (χ2v) is 14.2. The van der Waals surface area contributed by atoms with Crippen LogP contribution in [0.5, 0.6) is 0 Å². The van der Waals surface area contributed by atoms with Gasteiger partial charge in [0.2, 0.25) is 0 Å². The number of fused-ring (bicyclic) bond motifs is 10. The number of benzene rings is 7. The molecule has 0 unspecified atom stereocenters. The molecular weight excluding hydrogens is 597 g/mol. The lowest BCUT2D eigenvalue weighted by atomic mass is 9.86. The molecule has 49 heavy (non-hydrogen) atoms. The largest absolute Gasteiger partial charge is 0.456 e. The molecular formula is C46H34N2O. The predicted molar refractivity (Wildman–Crippen MR) is 207 cm³/mol. The molecule has 10 rings (SSSR count). The number of nitrogens with zero attached hydrogens (tertiary/aromatic N) is 2. The maximum Gasteiger partial charge on any atom is 0.136 e. The highest BCUT2D eigenvalue weighted by Gasteiger charge is 2.20. The molecule has 7 aromatic carbocycles. The van der Waals surface area contributed by atoms with Crippen LogP contribution in [0.25, 0.3) is 88.1 Å². The van der Waals surface area contributed by atoms with Gasteiger partial charge in [0.25, 0.3) is 0 Å². The predicted octanol–water partition coefficient (Wildman–Crippen LogP) is 12.7. The first kappa shape index (κ1) is 28.0. The van der Waals surface area contributed by atoms with Gasteiger partial charge in [-0.25, -0.2) is 0 Å². The summed E-state index contributed by atoms with van der Waals surface area (Å²) in [6.45, 7) is 6.84. The number of hydrogen-bond donors (Lipinski definition) is 0. The van der Waals surface area contributed by atoms with Crippen LogP contribution < -0.4 is 0 Å². The molecule has 3 aromatic heterocycles. The summed E-state index contributed by atoms with van der Waals surface area (Å²) in [5.74, 6) is 0. The van der Waals surface area contributed by atoms with E-state index in [1.165, 1.54) is 71.4 Å². The summed E-state index contributed by atoms with van der Waals surface area (Å²) in [7, 11) is 0. The molecule has 0 aliphatic carbocycles. The standard InChI is InChI=1S/C46H34N2O/c1-46(2,3)31-20-25-40-37(28-31)34-10-4-7-13-38(34)47(40)32-21-16-29(17-22-32)30-18-23-33(24-19-30)48-39-14-8-5-11-35(39)44-41(48)26-27-43-45(44)36-12-6-9-15-42(36)49-43/h4-28H,1-3H3. The van der Waals surface area contributed by atoms with E-state index in [4.69, 9.17) is 4.42 Å². The summed E-state index contributed by atoms with van der Waals surface area (Å²) in [6.07, 6.45) is 0. The molecule has 0 saturated heterocycles. The Morgan fingerprint density at radius 2 is 0.939 bits per heavy atom. The normalized spacial score (nSPS) is 12.4. The van der Waals surface area contributed by atoms with Crippen molar-refractivity contribution in [2.75, 3.05) is 0 Å². The fourth-order valence-corrected chi connectivity index (χ4v) is 7.88. The Bertz CT molecular complexity index is 2890. The van der Waals surface area contributed by atoms with E-state index in [2.05, 4.69) is 175 Å². The van der Waals surface area contributed by atoms with Gasteiger partial charge in [0, 0.05) is 43.7 Å². The lowest BCUT2D eigenvalue weighted by molar-refractivity contribution is 0.591. The van der Waals surface area contributed by atoms with E-state index in [1.807, 2.05) is 6.07 Å². The molecule has 0 saturated carbocycles.